The number of nitrogens with zero attached hydrogens (tertiary/aromatic N) is 3. The first-order chi connectivity index (χ1) is 8.15. The van der Waals surface area contributed by atoms with E-state index in [0.717, 1.165) is 22.7 Å². The second-order valence-electron chi connectivity index (χ2n) is 3.69. The van der Waals surface area contributed by atoms with Crippen molar-refractivity contribution in [2.24, 2.45) is 0 Å². The number of imidazole rings is 1. The lowest BCUT2D eigenvalue weighted by atomic mass is 10.3. The molecule has 0 unspecified atom stereocenters. The van der Waals surface area contributed by atoms with Gasteiger partial charge in [-0.2, -0.15) is 0 Å². The van der Waals surface area contributed by atoms with Crippen LogP contribution >= 0.6 is 22.9 Å². The van der Waals surface area contributed by atoms with Crippen molar-refractivity contribution in [3.63, 3.8) is 0 Å². The number of halogens is 1. The Labute approximate surface area is 107 Å². The zero-order valence-corrected chi connectivity index (χ0v) is 10.6. The zero-order valence-electron chi connectivity index (χ0n) is 9.01. The Kier molecular flexibility index (Phi) is 2.31. The minimum atomic E-state index is 0.559. The molecular weight excluding hydrogens is 256 g/mol. The third-order valence-electron chi connectivity index (χ3n) is 2.53. The molecule has 0 spiro atoms. The lowest BCUT2D eigenvalue weighted by molar-refractivity contribution is 1.17. The van der Waals surface area contributed by atoms with Gasteiger partial charge >= 0.3 is 0 Å². The van der Waals surface area contributed by atoms with Crippen LogP contribution in [0.5, 0.6) is 0 Å². The molecular formula is C11H9ClN4S. The molecule has 3 aromatic rings. The van der Waals surface area contributed by atoms with E-state index < -0.39 is 0 Å². The Hall–Kier alpha value is -1.59. The average molecular weight is 265 g/mol. The van der Waals surface area contributed by atoms with Gasteiger partial charge in [0.2, 0.25) is 0 Å². The summed E-state index contributed by atoms with van der Waals surface area (Å²) in [5.74, 6) is 0. The fourth-order valence-corrected chi connectivity index (χ4v) is 2.54. The van der Waals surface area contributed by atoms with E-state index in [1.54, 1.807) is 0 Å². The summed E-state index contributed by atoms with van der Waals surface area (Å²) in [6.07, 6.45) is 1.89. The summed E-state index contributed by atoms with van der Waals surface area (Å²) >= 11 is 7.37. The fourth-order valence-electron chi connectivity index (χ4n) is 1.84. The van der Waals surface area contributed by atoms with E-state index in [1.807, 2.05) is 35.0 Å². The minimum absolute atomic E-state index is 0.559. The van der Waals surface area contributed by atoms with Gasteiger partial charge in [-0.05, 0) is 13.0 Å². The van der Waals surface area contributed by atoms with Gasteiger partial charge in [-0.3, -0.25) is 4.40 Å². The van der Waals surface area contributed by atoms with E-state index in [4.69, 9.17) is 17.3 Å². The maximum absolute atomic E-state index is 5.94. The SMILES string of the molecule is Cc1nc2cc(Cl)ccn2c1-c1csc(N)n1. The first kappa shape index (κ1) is 10.6. The number of fused-ring (bicyclic) bond motifs is 1. The van der Waals surface area contributed by atoms with Crippen LogP contribution in [0.1, 0.15) is 5.69 Å². The van der Waals surface area contributed by atoms with Crippen molar-refractivity contribution in [1.29, 1.82) is 0 Å². The Bertz CT molecular complexity index is 701. The number of thiazole rings is 1. The van der Waals surface area contributed by atoms with Gasteiger partial charge in [0.05, 0.1) is 11.4 Å². The van der Waals surface area contributed by atoms with Crippen LogP contribution in [0.3, 0.4) is 0 Å². The van der Waals surface area contributed by atoms with Crippen LogP contribution in [-0.4, -0.2) is 14.4 Å². The highest BCUT2D eigenvalue weighted by Crippen LogP contribution is 2.27. The monoisotopic (exact) mass is 264 g/mol. The molecule has 0 fully saturated rings. The highest BCUT2D eigenvalue weighted by Gasteiger charge is 2.13. The van der Waals surface area contributed by atoms with E-state index >= 15 is 0 Å². The van der Waals surface area contributed by atoms with Crippen LogP contribution in [0.4, 0.5) is 5.13 Å². The van der Waals surface area contributed by atoms with Crippen molar-refractivity contribution in [3.05, 3.63) is 34.4 Å². The molecule has 0 aromatic carbocycles. The lowest BCUT2D eigenvalue weighted by Crippen LogP contribution is -1.90. The van der Waals surface area contributed by atoms with Gasteiger partial charge in [-0.1, -0.05) is 11.6 Å². The number of rotatable bonds is 1. The largest absolute Gasteiger partial charge is 0.375 e. The quantitative estimate of drug-likeness (QED) is 0.735. The van der Waals surface area contributed by atoms with Crippen LogP contribution in [-0.2, 0) is 0 Å². The van der Waals surface area contributed by atoms with E-state index in [9.17, 15) is 0 Å². The zero-order chi connectivity index (χ0) is 12.0. The topological polar surface area (TPSA) is 56.2 Å². The fraction of sp³-hybridized carbons (Fsp3) is 0.0909. The Morgan fingerprint density at radius 1 is 1.41 bits per heavy atom. The molecule has 3 rings (SSSR count). The molecule has 6 heteroatoms. The molecule has 2 N–H and O–H groups in total. The van der Waals surface area contributed by atoms with E-state index in [2.05, 4.69) is 9.97 Å². The molecule has 0 atom stereocenters. The van der Waals surface area contributed by atoms with Crippen molar-refractivity contribution < 1.29 is 0 Å². The van der Waals surface area contributed by atoms with Crippen LogP contribution in [0.25, 0.3) is 17.0 Å². The highest BCUT2D eigenvalue weighted by molar-refractivity contribution is 7.13. The van der Waals surface area contributed by atoms with E-state index in [1.165, 1.54) is 11.3 Å². The molecule has 0 bridgehead atoms. The standard InChI is InChI=1S/C11H9ClN4S/c1-6-10(8-5-17-11(13)15-8)16-3-2-7(12)4-9(16)14-6/h2-5H,1H3,(H2,13,15). The number of aromatic nitrogens is 3. The highest BCUT2D eigenvalue weighted by atomic mass is 35.5. The number of pyridine rings is 1. The van der Waals surface area contributed by atoms with Gasteiger partial charge in [-0.25, -0.2) is 9.97 Å². The van der Waals surface area contributed by atoms with Gasteiger partial charge in [0.1, 0.15) is 11.3 Å². The number of aryl methyl sites for hydroxylation is 1. The number of hydrogen-bond donors (Lipinski definition) is 1. The normalized spacial score (nSPS) is 11.2. The van der Waals surface area contributed by atoms with Crippen molar-refractivity contribution in [2.75, 3.05) is 5.73 Å². The predicted molar refractivity (Wildman–Crippen MR) is 70.5 cm³/mol. The van der Waals surface area contributed by atoms with Crippen LogP contribution in [0.2, 0.25) is 5.02 Å². The second-order valence-corrected chi connectivity index (χ2v) is 5.02. The van der Waals surface area contributed by atoms with E-state index in [0.29, 0.717) is 10.2 Å². The van der Waals surface area contributed by atoms with Gasteiger partial charge in [0, 0.05) is 22.7 Å². The van der Waals surface area contributed by atoms with Gasteiger partial charge in [0.15, 0.2) is 5.13 Å². The van der Waals surface area contributed by atoms with Gasteiger partial charge in [-0.15, -0.1) is 11.3 Å². The van der Waals surface area contributed by atoms with Gasteiger partial charge < -0.3 is 5.73 Å². The minimum Gasteiger partial charge on any atom is -0.375 e. The predicted octanol–water partition coefficient (Wildman–Crippen LogP) is 3.00. The number of anilines is 1. The van der Waals surface area contributed by atoms with Crippen LogP contribution < -0.4 is 5.73 Å². The molecule has 0 amide bonds. The van der Waals surface area contributed by atoms with Crippen LogP contribution in [0, 0.1) is 6.92 Å². The maximum atomic E-state index is 5.94. The molecule has 17 heavy (non-hydrogen) atoms. The van der Waals surface area contributed by atoms with Gasteiger partial charge in [0.25, 0.3) is 0 Å². The first-order valence-electron chi connectivity index (χ1n) is 5.01. The molecule has 0 aliphatic carbocycles. The number of nitrogen functional groups attached to an aromatic ring is 1. The van der Waals surface area contributed by atoms with E-state index in [-0.39, 0.29) is 0 Å². The molecule has 0 aliphatic rings. The molecule has 0 radical (unpaired) electrons. The third-order valence-corrected chi connectivity index (χ3v) is 3.44. The van der Waals surface area contributed by atoms with Crippen molar-refractivity contribution >= 4 is 33.7 Å². The average Bonchev–Trinajstić information content (AvgIpc) is 2.80. The summed E-state index contributed by atoms with van der Waals surface area (Å²) in [5.41, 5.74) is 9.20. The maximum Gasteiger partial charge on any atom is 0.180 e. The first-order valence-corrected chi connectivity index (χ1v) is 6.26. The molecule has 86 valence electrons. The van der Waals surface area contributed by atoms with Crippen molar-refractivity contribution in [1.82, 2.24) is 14.4 Å². The number of hydrogen-bond acceptors (Lipinski definition) is 4. The second kappa shape index (κ2) is 3.72. The number of nitrogens with two attached hydrogens (primary N) is 1. The molecule has 0 saturated carbocycles. The summed E-state index contributed by atoms with van der Waals surface area (Å²) in [5, 5.41) is 3.16. The Balaban J connectivity index is 2.32. The smallest absolute Gasteiger partial charge is 0.180 e. The molecule has 0 saturated heterocycles. The molecule has 3 heterocycles. The Morgan fingerprint density at radius 2 is 2.24 bits per heavy atom. The van der Waals surface area contributed by atoms with Crippen molar-refractivity contribution in [3.8, 4) is 11.4 Å². The summed E-state index contributed by atoms with van der Waals surface area (Å²) < 4.78 is 1.97. The third kappa shape index (κ3) is 1.67. The summed E-state index contributed by atoms with van der Waals surface area (Å²) in [6, 6.07) is 3.66. The summed E-state index contributed by atoms with van der Waals surface area (Å²) in [7, 11) is 0. The van der Waals surface area contributed by atoms with Crippen LogP contribution in [0.15, 0.2) is 23.7 Å². The van der Waals surface area contributed by atoms with Crippen molar-refractivity contribution in [2.45, 2.75) is 6.92 Å². The summed E-state index contributed by atoms with van der Waals surface area (Å²) in [4.78, 5) is 8.75. The molecule has 3 aromatic heterocycles. The Morgan fingerprint density at radius 3 is 2.94 bits per heavy atom. The molecule has 4 nitrogen and oxygen atoms in total. The molecule has 0 aliphatic heterocycles. The lowest BCUT2D eigenvalue weighted by Gasteiger charge is -1.99. The summed E-state index contributed by atoms with van der Waals surface area (Å²) in [6.45, 7) is 1.95.